The van der Waals surface area contributed by atoms with E-state index >= 15 is 0 Å². The molecule has 2 aromatic heterocycles. The van der Waals surface area contributed by atoms with E-state index in [1.165, 1.54) is 64.9 Å². The summed E-state index contributed by atoms with van der Waals surface area (Å²) in [5.41, 5.74) is 6.36. The largest absolute Gasteiger partial charge is 0.309 e. The summed E-state index contributed by atoms with van der Waals surface area (Å²) < 4.78 is 2.43. The van der Waals surface area contributed by atoms with Crippen molar-refractivity contribution in [2.24, 2.45) is 0 Å². The summed E-state index contributed by atoms with van der Waals surface area (Å²) in [7, 11) is 0. The van der Waals surface area contributed by atoms with Crippen LogP contribution in [0, 0.1) is 0 Å². The number of fused-ring (bicyclic) bond motifs is 8. The Balaban J connectivity index is 1.08. The van der Waals surface area contributed by atoms with E-state index in [1.807, 2.05) is 18.2 Å². The Morgan fingerprint density at radius 3 is 1.58 bits per heavy atom. The number of benzene rings is 10. The van der Waals surface area contributed by atoms with Crippen LogP contribution in [0.3, 0.4) is 0 Å². The topological polar surface area (TPSA) is 43.6 Å². The van der Waals surface area contributed by atoms with Gasteiger partial charge in [-0.15, -0.1) is 0 Å². The van der Waals surface area contributed by atoms with Crippen LogP contribution in [0.5, 0.6) is 0 Å². The highest BCUT2D eigenvalue weighted by molar-refractivity contribution is 6.39. The Bertz CT molecular complexity index is 3470. The van der Waals surface area contributed by atoms with E-state index in [9.17, 15) is 0 Å². The molecule has 0 unspecified atom stereocenters. The predicted octanol–water partition coefficient (Wildman–Crippen LogP) is 13.2. The fourth-order valence-electron chi connectivity index (χ4n) is 8.94. The van der Waals surface area contributed by atoms with Gasteiger partial charge in [0.1, 0.15) is 0 Å². The fraction of sp³-hybridized carbons (Fsp3) is 0. The van der Waals surface area contributed by atoms with E-state index < -0.39 is 0 Å². The lowest BCUT2D eigenvalue weighted by molar-refractivity contribution is 1.08. The number of rotatable bonds is 4. The summed E-state index contributed by atoms with van der Waals surface area (Å²) >= 11 is 0. The second-order valence-corrected chi connectivity index (χ2v) is 14.4. The van der Waals surface area contributed by atoms with E-state index in [2.05, 4.69) is 168 Å². The fourth-order valence-corrected chi connectivity index (χ4v) is 8.94. The van der Waals surface area contributed by atoms with Crippen molar-refractivity contribution in [2.45, 2.75) is 0 Å². The molecule has 55 heavy (non-hydrogen) atoms. The second kappa shape index (κ2) is 11.5. The number of hydrogen-bond acceptors (Lipinski definition) is 3. The van der Waals surface area contributed by atoms with Crippen molar-refractivity contribution >= 4 is 75.7 Å². The summed E-state index contributed by atoms with van der Waals surface area (Å²) in [5.74, 6) is 1.94. The van der Waals surface area contributed by atoms with Gasteiger partial charge in [-0.05, 0) is 90.9 Å². The maximum Gasteiger partial charge on any atom is 0.164 e. The Hall–Kier alpha value is -7.43. The average Bonchev–Trinajstić information content (AvgIpc) is 3.59. The summed E-state index contributed by atoms with van der Waals surface area (Å²) in [5, 5.41) is 15.0. The first-order valence-corrected chi connectivity index (χ1v) is 18.7. The molecule has 0 amide bonds. The summed E-state index contributed by atoms with van der Waals surface area (Å²) in [6.07, 6.45) is 0. The molecule has 0 aliphatic rings. The molecule has 2 heterocycles. The Morgan fingerprint density at radius 1 is 0.309 bits per heavy atom. The molecule has 0 aliphatic carbocycles. The highest BCUT2D eigenvalue weighted by Gasteiger charge is 2.22. The number of nitrogens with zero attached hydrogens (tertiary/aromatic N) is 4. The van der Waals surface area contributed by atoms with Crippen LogP contribution in [0.15, 0.2) is 182 Å². The summed E-state index contributed by atoms with van der Waals surface area (Å²) in [4.78, 5) is 15.4. The predicted molar refractivity (Wildman–Crippen MR) is 229 cm³/mol. The van der Waals surface area contributed by atoms with Crippen molar-refractivity contribution in [3.8, 4) is 39.9 Å². The Morgan fingerprint density at radius 2 is 0.836 bits per heavy atom. The molecule has 0 N–H and O–H groups in total. The molecule has 12 rings (SSSR count). The lowest BCUT2D eigenvalue weighted by Crippen LogP contribution is -2.01. The zero-order valence-electron chi connectivity index (χ0n) is 29.6. The lowest BCUT2D eigenvalue weighted by atomic mass is 9.91. The Kier molecular flexibility index (Phi) is 6.31. The molecule has 0 fully saturated rings. The van der Waals surface area contributed by atoms with E-state index in [1.54, 1.807) is 0 Å². The van der Waals surface area contributed by atoms with Gasteiger partial charge < -0.3 is 4.57 Å². The van der Waals surface area contributed by atoms with Crippen molar-refractivity contribution in [2.75, 3.05) is 0 Å². The van der Waals surface area contributed by atoms with Crippen LogP contribution >= 0.6 is 0 Å². The van der Waals surface area contributed by atoms with Gasteiger partial charge >= 0.3 is 0 Å². The maximum atomic E-state index is 5.21. The van der Waals surface area contributed by atoms with Gasteiger partial charge in [0.25, 0.3) is 0 Å². The minimum Gasteiger partial charge on any atom is -0.309 e. The zero-order valence-corrected chi connectivity index (χ0v) is 29.6. The zero-order chi connectivity index (χ0) is 36.0. The number of hydrogen-bond donors (Lipinski definition) is 0. The van der Waals surface area contributed by atoms with Crippen molar-refractivity contribution in [1.82, 2.24) is 19.5 Å². The normalized spacial score (nSPS) is 12.0. The van der Waals surface area contributed by atoms with Crippen LogP contribution in [-0.4, -0.2) is 19.5 Å². The van der Waals surface area contributed by atoms with Gasteiger partial charge in [0.2, 0.25) is 0 Å². The van der Waals surface area contributed by atoms with Gasteiger partial charge in [-0.2, -0.15) is 0 Å². The first-order valence-electron chi connectivity index (χ1n) is 18.7. The van der Waals surface area contributed by atoms with Crippen molar-refractivity contribution in [3.63, 3.8) is 0 Å². The maximum absolute atomic E-state index is 5.21. The molecule has 0 saturated carbocycles. The first-order chi connectivity index (χ1) is 27.3. The van der Waals surface area contributed by atoms with Gasteiger partial charge in [-0.25, -0.2) is 15.0 Å². The quantitative estimate of drug-likeness (QED) is 0.172. The van der Waals surface area contributed by atoms with E-state index in [4.69, 9.17) is 15.0 Å². The second-order valence-electron chi connectivity index (χ2n) is 14.4. The smallest absolute Gasteiger partial charge is 0.164 e. The van der Waals surface area contributed by atoms with Crippen LogP contribution in [0.25, 0.3) is 116 Å². The highest BCUT2D eigenvalue weighted by Crippen LogP contribution is 2.46. The van der Waals surface area contributed by atoms with Crippen LogP contribution in [0.1, 0.15) is 0 Å². The molecule has 0 atom stereocenters. The third kappa shape index (κ3) is 4.43. The van der Waals surface area contributed by atoms with Crippen molar-refractivity contribution in [3.05, 3.63) is 182 Å². The van der Waals surface area contributed by atoms with Gasteiger partial charge in [-0.1, -0.05) is 140 Å². The monoisotopic (exact) mass is 698 g/mol. The lowest BCUT2D eigenvalue weighted by Gasteiger charge is -2.13. The molecular formula is C51H30N4. The summed E-state index contributed by atoms with van der Waals surface area (Å²) in [6.45, 7) is 0. The van der Waals surface area contributed by atoms with Gasteiger partial charge in [0, 0.05) is 38.5 Å². The minimum absolute atomic E-state index is 0.638. The molecule has 4 nitrogen and oxygen atoms in total. The Labute approximate surface area is 315 Å². The standard InChI is InChI=1S/C51H30N4/c1-2-13-31(14-3-1)49-52-50(54-51(53-49)43-29-33-15-4-6-17-36(33)38-19-8-9-20-39(38)43)32-25-27-35(28-26-32)55-44-24-12-23-42-40-21-10-11-22-41(40)46-37-18-7-5-16-34(37)30-45(55)48(46)47(42)44/h1-30H. The molecule has 0 radical (unpaired) electrons. The molecule has 0 bridgehead atoms. The van der Waals surface area contributed by atoms with Crippen LogP contribution in [0.4, 0.5) is 0 Å². The van der Waals surface area contributed by atoms with Crippen LogP contribution in [-0.2, 0) is 0 Å². The minimum atomic E-state index is 0.638. The average molecular weight is 699 g/mol. The number of aromatic nitrogens is 4. The molecule has 0 spiro atoms. The SMILES string of the molecule is c1ccc(-c2nc(-c3ccc(-n4c5cccc6c7ccccc7c7c8ccccc8cc4c7c65)cc3)nc(-c3cc4ccccc4c4ccccc34)n2)cc1. The van der Waals surface area contributed by atoms with Gasteiger partial charge in [0.15, 0.2) is 17.5 Å². The summed E-state index contributed by atoms with van der Waals surface area (Å²) in [6, 6.07) is 64.9. The van der Waals surface area contributed by atoms with Crippen molar-refractivity contribution in [1.29, 1.82) is 0 Å². The van der Waals surface area contributed by atoms with E-state index in [-0.39, 0.29) is 0 Å². The van der Waals surface area contributed by atoms with Crippen LogP contribution in [0.2, 0.25) is 0 Å². The molecule has 0 aliphatic heterocycles. The molecule has 10 aromatic carbocycles. The molecule has 12 aromatic rings. The first kappa shape index (κ1) is 30.1. The van der Waals surface area contributed by atoms with E-state index in [0.717, 1.165) is 33.2 Å². The van der Waals surface area contributed by atoms with Gasteiger partial charge in [0.05, 0.1) is 11.0 Å². The third-order valence-corrected chi connectivity index (χ3v) is 11.3. The van der Waals surface area contributed by atoms with Crippen LogP contribution < -0.4 is 0 Å². The third-order valence-electron chi connectivity index (χ3n) is 11.3. The van der Waals surface area contributed by atoms with Gasteiger partial charge in [-0.3, -0.25) is 0 Å². The highest BCUT2D eigenvalue weighted by atomic mass is 15.0. The van der Waals surface area contributed by atoms with E-state index in [0.29, 0.717) is 17.5 Å². The molecule has 0 saturated heterocycles. The van der Waals surface area contributed by atoms with Crippen molar-refractivity contribution < 1.29 is 0 Å². The molecule has 254 valence electrons. The molecular weight excluding hydrogens is 669 g/mol. The molecule has 4 heteroatoms.